The summed E-state index contributed by atoms with van der Waals surface area (Å²) < 4.78 is 2.78. The summed E-state index contributed by atoms with van der Waals surface area (Å²) in [6.07, 6.45) is 3.53. The lowest BCUT2D eigenvalue weighted by molar-refractivity contribution is -0.116. The van der Waals surface area contributed by atoms with Gasteiger partial charge >= 0.3 is 0 Å². The van der Waals surface area contributed by atoms with Crippen LogP contribution in [0.25, 0.3) is 0 Å². The third-order valence-electron chi connectivity index (χ3n) is 2.89. The van der Waals surface area contributed by atoms with Crippen molar-refractivity contribution >= 4 is 27.5 Å². The molecular weight excluding hydrogens is 332 g/mol. The fraction of sp³-hybridized carbons (Fsp3) is 0.333. The molecule has 0 unspecified atom stereocenters. The van der Waals surface area contributed by atoms with Gasteiger partial charge in [0.05, 0.1) is 6.54 Å². The minimum absolute atomic E-state index is 0.0723. The van der Waals surface area contributed by atoms with Crippen LogP contribution in [0.1, 0.15) is 19.7 Å². The molecule has 0 spiro atoms. The smallest absolute Gasteiger partial charge is 0.244 e. The molecule has 21 heavy (non-hydrogen) atoms. The van der Waals surface area contributed by atoms with Gasteiger partial charge in [0.25, 0.3) is 0 Å². The summed E-state index contributed by atoms with van der Waals surface area (Å²) in [5.74, 6) is 0.782. The van der Waals surface area contributed by atoms with Gasteiger partial charge in [-0.05, 0) is 18.2 Å². The maximum atomic E-state index is 12.1. The third kappa shape index (κ3) is 4.99. The second kappa shape index (κ2) is 7.38. The van der Waals surface area contributed by atoms with Gasteiger partial charge in [0.1, 0.15) is 12.4 Å². The molecule has 0 fully saturated rings. The fourth-order valence-corrected chi connectivity index (χ4v) is 2.27. The molecule has 0 aliphatic heterocycles. The van der Waals surface area contributed by atoms with Crippen molar-refractivity contribution < 1.29 is 4.79 Å². The molecule has 2 aromatic rings. The minimum atomic E-state index is -0.0723. The first kappa shape index (κ1) is 15.7. The zero-order valence-electron chi connectivity index (χ0n) is 12.1. The van der Waals surface area contributed by atoms with Crippen LogP contribution in [0.15, 0.2) is 41.1 Å². The highest BCUT2D eigenvalue weighted by molar-refractivity contribution is 9.10. The second-order valence-electron chi connectivity index (χ2n) is 5.07. The SMILES string of the molecule is CC(C)NCc1nccn1CC(=O)Nc1cccc(Br)c1. The summed E-state index contributed by atoms with van der Waals surface area (Å²) in [6.45, 7) is 5.05. The van der Waals surface area contributed by atoms with Gasteiger partial charge in [-0.2, -0.15) is 0 Å². The van der Waals surface area contributed by atoms with Crippen molar-refractivity contribution in [2.75, 3.05) is 5.32 Å². The highest BCUT2D eigenvalue weighted by Crippen LogP contribution is 2.15. The molecule has 1 aromatic carbocycles. The first-order valence-electron chi connectivity index (χ1n) is 6.83. The number of nitrogens with zero attached hydrogens (tertiary/aromatic N) is 2. The van der Waals surface area contributed by atoms with Crippen LogP contribution in [0.5, 0.6) is 0 Å². The molecule has 1 aromatic heterocycles. The summed E-state index contributed by atoms with van der Waals surface area (Å²) in [5, 5.41) is 6.17. The molecule has 112 valence electrons. The standard InChI is InChI=1S/C15H19BrN4O/c1-11(2)18-9-14-17-6-7-20(14)10-15(21)19-13-5-3-4-12(16)8-13/h3-8,11,18H,9-10H2,1-2H3,(H,19,21). The number of benzene rings is 1. The van der Waals surface area contributed by atoms with Gasteiger partial charge in [0.15, 0.2) is 0 Å². The molecule has 1 amide bonds. The Labute approximate surface area is 132 Å². The van der Waals surface area contributed by atoms with E-state index in [0.717, 1.165) is 16.0 Å². The van der Waals surface area contributed by atoms with Gasteiger partial charge in [0, 0.05) is 28.6 Å². The number of rotatable bonds is 6. The van der Waals surface area contributed by atoms with Crippen LogP contribution in [0, 0.1) is 0 Å². The predicted octanol–water partition coefficient (Wildman–Crippen LogP) is 2.78. The summed E-state index contributed by atoms with van der Waals surface area (Å²) in [7, 11) is 0. The summed E-state index contributed by atoms with van der Waals surface area (Å²) >= 11 is 3.38. The number of aromatic nitrogens is 2. The number of nitrogens with one attached hydrogen (secondary N) is 2. The lowest BCUT2D eigenvalue weighted by Gasteiger charge is -2.11. The Hall–Kier alpha value is -1.66. The number of anilines is 1. The maximum absolute atomic E-state index is 12.1. The van der Waals surface area contributed by atoms with Gasteiger partial charge in [-0.15, -0.1) is 0 Å². The first-order chi connectivity index (χ1) is 10.0. The molecule has 2 N–H and O–H groups in total. The van der Waals surface area contributed by atoms with Gasteiger partial charge in [0.2, 0.25) is 5.91 Å². The van der Waals surface area contributed by atoms with Crippen molar-refractivity contribution in [2.45, 2.75) is 33.0 Å². The molecule has 2 rings (SSSR count). The van der Waals surface area contributed by atoms with E-state index in [4.69, 9.17) is 0 Å². The molecular formula is C15H19BrN4O. The van der Waals surface area contributed by atoms with Gasteiger partial charge in [-0.3, -0.25) is 4.79 Å². The van der Waals surface area contributed by atoms with E-state index in [0.29, 0.717) is 12.6 Å². The Morgan fingerprint density at radius 1 is 1.43 bits per heavy atom. The molecule has 0 aliphatic rings. The van der Waals surface area contributed by atoms with Crippen molar-refractivity contribution in [1.29, 1.82) is 0 Å². The second-order valence-corrected chi connectivity index (χ2v) is 5.98. The highest BCUT2D eigenvalue weighted by atomic mass is 79.9. The number of amides is 1. The normalized spacial score (nSPS) is 10.9. The van der Waals surface area contributed by atoms with Crippen molar-refractivity contribution in [2.24, 2.45) is 0 Å². The zero-order chi connectivity index (χ0) is 15.2. The van der Waals surface area contributed by atoms with Gasteiger partial charge < -0.3 is 15.2 Å². The fourth-order valence-electron chi connectivity index (χ4n) is 1.87. The van der Waals surface area contributed by atoms with Crippen molar-refractivity contribution in [3.05, 3.63) is 47.0 Å². The number of imidazole rings is 1. The summed E-state index contributed by atoms with van der Waals surface area (Å²) in [5.41, 5.74) is 0.774. The van der Waals surface area contributed by atoms with E-state index in [1.165, 1.54) is 0 Å². The quantitative estimate of drug-likeness (QED) is 0.841. The van der Waals surface area contributed by atoms with Crippen molar-refractivity contribution in [1.82, 2.24) is 14.9 Å². The number of hydrogen-bond acceptors (Lipinski definition) is 3. The zero-order valence-corrected chi connectivity index (χ0v) is 13.7. The van der Waals surface area contributed by atoms with Crippen LogP contribution in [0.2, 0.25) is 0 Å². The monoisotopic (exact) mass is 350 g/mol. The lowest BCUT2D eigenvalue weighted by atomic mass is 10.3. The molecule has 0 bridgehead atoms. The molecule has 0 saturated heterocycles. The third-order valence-corrected chi connectivity index (χ3v) is 3.39. The number of carbonyl (C=O) groups is 1. The number of halogens is 1. The molecule has 0 saturated carbocycles. The molecule has 0 atom stereocenters. The Bertz CT molecular complexity index is 609. The predicted molar refractivity (Wildman–Crippen MR) is 87.0 cm³/mol. The molecule has 0 aliphatic carbocycles. The molecule has 1 heterocycles. The summed E-state index contributed by atoms with van der Waals surface area (Å²) in [4.78, 5) is 16.4. The Morgan fingerprint density at radius 3 is 2.95 bits per heavy atom. The Balaban J connectivity index is 1.95. The molecule has 0 radical (unpaired) electrons. The van der Waals surface area contributed by atoms with Crippen LogP contribution >= 0.6 is 15.9 Å². The van der Waals surface area contributed by atoms with E-state index in [1.54, 1.807) is 6.20 Å². The van der Waals surface area contributed by atoms with E-state index in [-0.39, 0.29) is 12.5 Å². The lowest BCUT2D eigenvalue weighted by Crippen LogP contribution is -2.26. The highest BCUT2D eigenvalue weighted by Gasteiger charge is 2.08. The van der Waals surface area contributed by atoms with E-state index in [2.05, 4.69) is 45.4 Å². The van der Waals surface area contributed by atoms with Crippen LogP contribution in [-0.4, -0.2) is 21.5 Å². The Morgan fingerprint density at radius 2 is 2.24 bits per heavy atom. The topological polar surface area (TPSA) is 59.0 Å². The largest absolute Gasteiger partial charge is 0.324 e. The first-order valence-corrected chi connectivity index (χ1v) is 7.62. The van der Waals surface area contributed by atoms with Crippen molar-refractivity contribution in [3.63, 3.8) is 0 Å². The van der Waals surface area contributed by atoms with E-state index < -0.39 is 0 Å². The number of hydrogen-bond donors (Lipinski definition) is 2. The Kier molecular flexibility index (Phi) is 5.52. The average Bonchev–Trinajstić information content (AvgIpc) is 2.83. The van der Waals surface area contributed by atoms with E-state index in [9.17, 15) is 4.79 Å². The van der Waals surface area contributed by atoms with Crippen LogP contribution in [0.3, 0.4) is 0 Å². The average molecular weight is 351 g/mol. The minimum Gasteiger partial charge on any atom is -0.324 e. The molecule has 6 heteroatoms. The van der Waals surface area contributed by atoms with Gasteiger partial charge in [-0.1, -0.05) is 35.8 Å². The van der Waals surface area contributed by atoms with E-state index >= 15 is 0 Å². The van der Waals surface area contributed by atoms with Gasteiger partial charge in [-0.25, -0.2) is 4.98 Å². The summed E-state index contributed by atoms with van der Waals surface area (Å²) in [6, 6.07) is 7.91. The van der Waals surface area contributed by atoms with Crippen molar-refractivity contribution in [3.8, 4) is 0 Å². The van der Waals surface area contributed by atoms with E-state index in [1.807, 2.05) is 35.0 Å². The molecule has 5 nitrogen and oxygen atoms in total. The van der Waals surface area contributed by atoms with Crippen LogP contribution in [-0.2, 0) is 17.9 Å². The number of carbonyl (C=O) groups excluding carboxylic acids is 1. The maximum Gasteiger partial charge on any atom is 0.244 e. The van der Waals surface area contributed by atoms with Crippen LogP contribution < -0.4 is 10.6 Å². The van der Waals surface area contributed by atoms with Crippen LogP contribution in [0.4, 0.5) is 5.69 Å².